The van der Waals surface area contributed by atoms with E-state index in [0.29, 0.717) is 0 Å². The molecule has 0 saturated carbocycles. The van der Waals surface area contributed by atoms with Crippen LogP contribution in [-0.4, -0.2) is 21.7 Å². The molecule has 0 fully saturated rings. The monoisotopic (exact) mass is 261 g/mol. The number of nitrogens with one attached hydrogen (secondary N) is 1. The maximum absolute atomic E-state index is 9.45. The van der Waals surface area contributed by atoms with Crippen LogP contribution in [0.5, 0.6) is 0 Å². The van der Waals surface area contributed by atoms with Gasteiger partial charge in [-0.15, -0.1) is 0 Å². The molecule has 0 aliphatic heterocycles. The Balaban J connectivity index is 2.13. The first kappa shape index (κ1) is 13.7. The quantitative estimate of drug-likeness (QED) is 0.862. The summed E-state index contributed by atoms with van der Waals surface area (Å²) < 4.78 is 5.32. The highest BCUT2D eigenvalue weighted by molar-refractivity contribution is 5.20. The van der Waals surface area contributed by atoms with Crippen LogP contribution in [0.2, 0.25) is 0 Å². The number of aliphatic hydroxyl groups excluding tert-OH is 1. The number of aliphatic hydroxyl groups is 1. The first-order valence-electron chi connectivity index (χ1n) is 6.32. The van der Waals surface area contributed by atoms with E-state index in [1.807, 2.05) is 39.1 Å². The van der Waals surface area contributed by atoms with Crippen LogP contribution in [0.3, 0.4) is 0 Å². The molecule has 2 rings (SSSR count). The summed E-state index contributed by atoms with van der Waals surface area (Å²) in [5.74, 6) is 1.48. The highest BCUT2D eigenvalue weighted by atomic mass is 16.3. The molecule has 2 aromatic heterocycles. The maximum atomic E-state index is 9.45. The third kappa shape index (κ3) is 3.19. The average molecular weight is 261 g/mol. The molecule has 0 amide bonds. The Kier molecular flexibility index (Phi) is 4.29. The molecule has 0 aliphatic rings. The smallest absolute Gasteiger partial charge is 0.125 e. The minimum Gasteiger partial charge on any atom is -0.468 e. The molecule has 0 saturated heterocycles. The van der Waals surface area contributed by atoms with Crippen LogP contribution in [0.1, 0.15) is 41.8 Å². The molecule has 2 aromatic rings. The van der Waals surface area contributed by atoms with Gasteiger partial charge in [0.15, 0.2) is 0 Å². The largest absolute Gasteiger partial charge is 0.468 e. The van der Waals surface area contributed by atoms with Gasteiger partial charge in [0, 0.05) is 23.5 Å². The van der Waals surface area contributed by atoms with Crippen molar-refractivity contribution in [3.63, 3.8) is 0 Å². The minimum atomic E-state index is -0.231. The predicted molar refractivity (Wildman–Crippen MR) is 71.6 cm³/mol. The van der Waals surface area contributed by atoms with E-state index in [4.69, 9.17) is 4.42 Å². The summed E-state index contributed by atoms with van der Waals surface area (Å²) in [4.78, 5) is 8.57. The van der Waals surface area contributed by atoms with Crippen molar-refractivity contribution in [2.24, 2.45) is 0 Å². The first-order valence-corrected chi connectivity index (χ1v) is 6.32. The average Bonchev–Trinajstić information content (AvgIpc) is 2.89. The fraction of sp³-hybridized carbons (Fsp3) is 0.429. The molecule has 0 bridgehead atoms. The number of aryl methyl sites for hydroxylation is 2. The Hall–Kier alpha value is -1.72. The lowest BCUT2D eigenvalue weighted by Gasteiger charge is -2.21. The second kappa shape index (κ2) is 5.95. The number of aromatic nitrogens is 2. The Morgan fingerprint density at radius 1 is 1.42 bits per heavy atom. The molecular weight excluding hydrogens is 242 g/mol. The highest BCUT2D eigenvalue weighted by Gasteiger charge is 2.18. The van der Waals surface area contributed by atoms with E-state index in [1.54, 1.807) is 6.26 Å². The zero-order valence-electron chi connectivity index (χ0n) is 11.4. The zero-order chi connectivity index (χ0) is 13.8. The van der Waals surface area contributed by atoms with Crippen molar-refractivity contribution in [2.75, 3.05) is 6.61 Å². The second-order valence-electron chi connectivity index (χ2n) is 4.60. The van der Waals surface area contributed by atoms with Gasteiger partial charge >= 0.3 is 0 Å². The van der Waals surface area contributed by atoms with Crippen LogP contribution < -0.4 is 5.32 Å². The van der Waals surface area contributed by atoms with E-state index < -0.39 is 0 Å². The van der Waals surface area contributed by atoms with Gasteiger partial charge in [-0.3, -0.25) is 5.32 Å². The highest BCUT2D eigenvalue weighted by Crippen LogP contribution is 2.20. The summed E-state index contributed by atoms with van der Waals surface area (Å²) in [6.45, 7) is 5.83. The van der Waals surface area contributed by atoms with Gasteiger partial charge in [0.05, 0.1) is 18.9 Å². The van der Waals surface area contributed by atoms with Crippen molar-refractivity contribution < 1.29 is 9.52 Å². The van der Waals surface area contributed by atoms with E-state index in [2.05, 4.69) is 15.3 Å². The van der Waals surface area contributed by atoms with E-state index in [1.165, 1.54) is 0 Å². The van der Waals surface area contributed by atoms with Gasteiger partial charge in [0.1, 0.15) is 11.6 Å². The summed E-state index contributed by atoms with van der Waals surface area (Å²) in [6, 6.07) is 3.46. The number of rotatable bonds is 5. The van der Waals surface area contributed by atoms with Gasteiger partial charge in [0.25, 0.3) is 0 Å². The maximum Gasteiger partial charge on any atom is 0.125 e. The lowest BCUT2D eigenvalue weighted by atomic mass is 10.1. The summed E-state index contributed by atoms with van der Waals surface area (Å²) in [5, 5.41) is 12.8. The van der Waals surface area contributed by atoms with Gasteiger partial charge in [-0.05, 0) is 32.9 Å². The number of nitrogens with zero attached hydrogens (tertiary/aromatic N) is 2. The van der Waals surface area contributed by atoms with E-state index in [-0.39, 0.29) is 18.7 Å². The van der Waals surface area contributed by atoms with Crippen LogP contribution in [0.25, 0.3) is 0 Å². The Morgan fingerprint density at radius 3 is 2.79 bits per heavy atom. The topological polar surface area (TPSA) is 71.2 Å². The van der Waals surface area contributed by atoms with Crippen molar-refractivity contribution in [1.29, 1.82) is 0 Å². The van der Waals surface area contributed by atoms with Crippen molar-refractivity contribution in [1.82, 2.24) is 15.3 Å². The normalized spacial score (nSPS) is 14.3. The van der Waals surface area contributed by atoms with Crippen molar-refractivity contribution in [3.05, 3.63) is 47.4 Å². The number of furan rings is 1. The SMILES string of the molecule is Cc1ncc(C(C)NC(CO)c2ccco2)c(C)n1. The van der Waals surface area contributed by atoms with E-state index in [0.717, 1.165) is 22.8 Å². The molecule has 0 radical (unpaired) electrons. The molecule has 5 heteroatoms. The minimum absolute atomic E-state index is 0.0242. The van der Waals surface area contributed by atoms with Gasteiger partial charge in [-0.1, -0.05) is 0 Å². The Bertz CT molecular complexity index is 525. The molecular formula is C14H19N3O2. The molecule has 5 nitrogen and oxygen atoms in total. The van der Waals surface area contributed by atoms with Crippen LogP contribution in [0.15, 0.2) is 29.0 Å². The lowest BCUT2D eigenvalue weighted by Crippen LogP contribution is -2.27. The molecule has 0 spiro atoms. The van der Waals surface area contributed by atoms with Crippen LogP contribution in [0, 0.1) is 13.8 Å². The molecule has 19 heavy (non-hydrogen) atoms. The zero-order valence-corrected chi connectivity index (χ0v) is 11.4. The standard InChI is InChI=1S/C14H19N3O2/c1-9-12(7-15-11(3)16-9)10(2)17-13(8-18)14-5-4-6-19-14/h4-7,10,13,17-18H,8H2,1-3H3. The third-order valence-corrected chi connectivity index (χ3v) is 3.12. The molecule has 0 aromatic carbocycles. The van der Waals surface area contributed by atoms with E-state index >= 15 is 0 Å². The molecule has 102 valence electrons. The Morgan fingerprint density at radius 2 is 2.21 bits per heavy atom. The summed E-state index contributed by atoms with van der Waals surface area (Å²) >= 11 is 0. The van der Waals surface area contributed by atoms with Gasteiger partial charge in [-0.2, -0.15) is 0 Å². The van der Waals surface area contributed by atoms with Crippen LogP contribution in [0.4, 0.5) is 0 Å². The first-order chi connectivity index (χ1) is 9.11. The molecule has 2 N–H and O–H groups in total. The van der Waals surface area contributed by atoms with Crippen molar-refractivity contribution in [2.45, 2.75) is 32.9 Å². The molecule has 2 heterocycles. The predicted octanol–water partition coefficient (Wildman–Crippen LogP) is 2.07. The van der Waals surface area contributed by atoms with Crippen molar-refractivity contribution in [3.8, 4) is 0 Å². The molecule has 0 aliphatic carbocycles. The summed E-state index contributed by atoms with van der Waals surface area (Å²) in [5.41, 5.74) is 1.97. The number of hydrogen-bond donors (Lipinski definition) is 2. The molecule has 2 atom stereocenters. The van der Waals surface area contributed by atoms with Crippen LogP contribution in [-0.2, 0) is 0 Å². The van der Waals surface area contributed by atoms with Gasteiger partial charge in [0.2, 0.25) is 0 Å². The van der Waals surface area contributed by atoms with Gasteiger partial charge < -0.3 is 9.52 Å². The lowest BCUT2D eigenvalue weighted by molar-refractivity contribution is 0.217. The molecule has 2 unspecified atom stereocenters. The number of hydrogen-bond acceptors (Lipinski definition) is 5. The Labute approximate surface area is 112 Å². The van der Waals surface area contributed by atoms with Crippen LogP contribution >= 0.6 is 0 Å². The fourth-order valence-corrected chi connectivity index (χ4v) is 2.12. The van der Waals surface area contributed by atoms with E-state index in [9.17, 15) is 5.11 Å². The summed E-state index contributed by atoms with van der Waals surface area (Å²) in [7, 11) is 0. The third-order valence-electron chi connectivity index (χ3n) is 3.12. The van der Waals surface area contributed by atoms with Crippen molar-refractivity contribution >= 4 is 0 Å². The van der Waals surface area contributed by atoms with Gasteiger partial charge in [-0.25, -0.2) is 9.97 Å². The fourth-order valence-electron chi connectivity index (χ4n) is 2.12. The second-order valence-corrected chi connectivity index (χ2v) is 4.60. The summed E-state index contributed by atoms with van der Waals surface area (Å²) in [6.07, 6.45) is 3.43.